The molecule has 1 N–H and O–H groups in total. The molecule has 1 heterocycles. The normalized spacial score (nSPS) is 21.1. The summed E-state index contributed by atoms with van der Waals surface area (Å²) in [5, 5.41) is 10.5. The van der Waals surface area contributed by atoms with Gasteiger partial charge in [-0.2, -0.15) is 0 Å². The van der Waals surface area contributed by atoms with Crippen molar-refractivity contribution in [3.05, 3.63) is 47.5 Å². The summed E-state index contributed by atoms with van der Waals surface area (Å²) < 4.78 is 21.7. The van der Waals surface area contributed by atoms with Crippen LogP contribution in [0.4, 0.5) is 0 Å². The molecule has 1 aliphatic heterocycles. The van der Waals surface area contributed by atoms with Gasteiger partial charge in [-0.25, -0.2) is 0 Å². The lowest BCUT2D eigenvalue weighted by Gasteiger charge is -2.34. The average molecular weight is 438 g/mol. The van der Waals surface area contributed by atoms with Crippen molar-refractivity contribution in [2.24, 2.45) is 5.41 Å². The Morgan fingerprint density at radius 2 is 1.47 bits per heavy atom. The van der Waals surface area contributed by atoms with Gasteiger partial charge in [0.1, 0.15) is 0 Å². The maximum absolute atomic E-state index is 10.5. The summed E-state index contributed by atoms with van der Waals surface area (Å²) in [7, 11) is 8.64. The van der Waals surface area contributed by atoms with Crippen LogP contribution in [0.5, 0.6) is 23.0 Å². The lowest BCUT2D eigenvalue weighted by molar-refractivity contribution is 0.118. The quantitative estimate of drug-likeness (QED) is 0.683. The summed E-state index contributed by atoms with van der Waals surface area (Å²) in [4.78, 5) is 2.28. The van der Waals surface area contributed by atoms with E-state index in [4.69, 9.17) is 18.9 Å². The predicted molar refractivity (Wildman–Crippen MR) is 120 cm³/mol. The number of nitrogens with zero attached hydrogens (tertiary/aromatic N) is 1. The zero-order valence-corrected chi connectivity index (χ0v) is 19.1. The van der Waals surface area contributed by atoms with Crippen molar-refractivity contribution < 1.29 is 24.1 Å². The topological polar surface area (TPSA) is 60.4 Å². The Balaban J connectivity index is 0.00000320. The molecule has 2 unspecified atom stereocenters. The molecule has 2 atom stereocenters. The third-order valence-electron chi connectivity index (χ3n) is 5.95. The van der Waals surface area contributed by atoms with Crippen LogP contribution in [0.3, 0.4) is 0 Å². The molecule has 0 radical (unpaired) electrons. The number of benzene rings is 2. The number of methoxy groups -OCH3 is 4. The summed E-state index contributed by atoms with van der Waals surface area (Å²) in [5.41, 5.74) is 1.94. The van der Waals surface area contributed by atoms with Gasteiger partial charge in [0.25, 0.3) is 0 Å². The number of likely N-dealkylation sites (tertiary alicyclic amines) is 1. The first-order valence-corrected chi connectivity index (χ1v) is 9.72. The monoisotopic (exact) mass is 437 g/mol. The van der Waals surface area contributed by atoms with Crippen molar-refractivity contribution in [3.8, 4) is 23.0 Å². The molecule has 0 aromatic heterocycles. The van der Waals surface area contributed by atoms with Gasteiger partial charge in [0, 0.05) is 24.4 Å². The van der Waals surface area contributed by atoms with Crippen LogP contribution in [0, 0.1) is 5.41 Å². The molecule has 0 spiro atoms. The van der Waals surface area contributed by atoms with Gasteiger partial charge < -0.3 is 29.0 Å². The predicted octanol–water partition coefficient (Wildman–Crippen LogP) is 3.39. The molecular formula is C23H32ClNO5. The smallest absolute Gasteiger partial charge is 0.160 e. The summed E-state index contributed by atoms with van der Waals surface area (Å²) in [6.07, 6.45) is 0.729. The first-order valence-electron chi connectivity index (χ1n) is 9.72. The van der Waals surface area contributed by atoms with Gasteiger partial charge in [-0.3, -0.25) is 0 Å². The van der Waals surface area contributed by atoms with E-state index < -0.39 is 0 Å². The van der Waals surface area contributed by atoms with Gasteiger partial charge in [0.2, 0.25) is 0 Å². The maximum Gasteiger partial charge on any atom is 0.160 e. The maximum atomic E-state index is 10.5. The van der Waals surface area contributed by atoms with Crippen LogP contribution >= 0.6 is 12.4 Å². The fourth-order valence-electron chi connectivity index (χ4n) is 4.54. The Hall–Kier alpha value is -2.15. The van der Waals surface area contributed by atoms with Crippen LogP contribution in [0.25, 0.3) is 0 Å². The molecular weight excluding hydrogens is 406 g/mol. The molecule has 2 aromatic carbocycles. The second-order valence-electron chi connectivity index (χ2n) is 7.75. The van der Waals surface area contributed by atoms with Crippen molar-refractivity contribution in [2.45, 2.75) is 12.3 Å². The van der Waals surface area contributed by atoms with Crippen molar-refractivity contribution >= 4 is 12.4 Å². The van der Waals surface area contributed by atoms with Crippen LogP contribution < -0.4 is 18.9 Å². The van der Waals surface area contributed by atoms with E-state index in [0.717, 1.165) is 30.6 Å². The van der Waals surface area contributed by atoms with Crippen molar-refractivity contribution in [1.29, 1.82) is 0 Å². The van der Waals surface area contributed by atoms with Crippen LogP contribution in [0.15, 0.2) is 36.4 Å². The largest absolute Gasteiger partial charge is 0.493 e. The lowest BCUT2D eigenvalue weighted by Crippen LogP contribution is -2.35. The van der Waals surface area contributed by atoms with Gasteiger partial charge in [0.05, 0.1) is 35.0 Å². The summed E-state index contributed by atoms with van der Waals surface area (Å²) in [5.74, 6) is 2.97. The number of aliphatic hydroxyl groups is 1. The standard InChI is InChI=1S/C23H31NO5.ClH/c1-24-13-18(17-7-9-20(27-3)22(11-17)29-5)23(14-24,15-25)12-16-6-8-19(26-2)21(10-16)28-4;/h6-11,18,25H,12-15H2,1-5H3;1H. The van der Waals surface area contributed by atoms with E-state index in [9.17, 15) is 5.11 Å². The number of likely N-dealkylation sites (N-methyl/N-ethyl adjacent to an activating group) is 1. The van der Waals surface area contributed by atoms with Crippen molar-refractivity contribution in [1.82, 2.24) is 4.90 Å². The fraction of sp³-hybridized carbons (Fsp3) is 0.478. The number of aliphatic hydroxyl groups excluding tert-OH is 1. The minimum Gasteiger partial charge on any atom is -0.493 e. The molecule has 6 nitrogen and oxygen atoms in total. The van der Waals surface area contributed by atoms with Gasteiger partial charge in [-0.1, -0.05) is 12.1 Å². The van der Waals surface area contributed by atoms with Crippen LogP contribution in [0.1, 0.15) is 17.0 Å². The SMILES string of the molecule is COc1ccc(CC2(CO)CN(C)CC2c2ccc(OC)c(OC)c2)cc1OC.Cl. The highest BCUT2D eigenvalue weighted by molar-refractivity contribution is 5.85. The summed E-state index contributed by atoms with van der Waals surface area (Å²) in [6, 6.07) is 12.0. The summed E-state index contributed by atoms with van der Waals surface area (Å²) >= 11 is 0. The number of ether oxygens (including phenoxy) is 4. The van der Waals surface area contributed by atoms with Crippen LogP contribution in [-0.2, 0) is 6.42 Å². The molecule has 1 fully saturated rings. The lowest BCUT2D eigenvalue weighted by atomic mass is 9.71. The van der Waals surface area contributed by atoms with E-state index in [1.165, 1.54) is 0 Å². The molecule has 1 saturated heterocycles. The summed E-state index contributed by atoms with van der Waals surface area (Å²) in [6.45, 7) is 1.75. The highest BCUT2D eigenvalue weighted by Gasteiger charge is 2.46. The van der Waals surface area contributed by atoms with Gasteiger partial charge in [-0.15, -0.1) is 12.4 Å². The van der Waals surface area contributed by atoms with Crippen LogP contribution in [-0.4, -0.2) is 65.2 Å². The van der Waals surface area contributed by atoms with E-state index in [1.807, 2.05) is 30.3 Å². The zero-order chi connectivity index (χ0) is 21.0. The van der Waals surface area contributed by atoms with E-state index in [-0.39, 0.29) is 30.3 Å². The van der Waals surface area contributed by atoms with Crippen LogP contribution in [0.2, 0.25) is 0 Å². The Morgan fingerprint density at radius 3 is 2.03 bits per heavy atom. The molecule has 0 aliphatic carbocycles. The Labute approximate surface area is 185 Å². The highest BCUT2D eigenvalue weighted by Crippen LogP contribution is 2.46. The zero-order valence-electron chi connectivity index (χ0n) is 18.3. The Bertz CT molecular complexity index is 846. The Kier molecular flexibility index (Phi) is 8.24. The first-order chi connectivity index (χ1) is 14.0. The highest BCUT2D eigenvalue weighted by atomic mass is 35.5. The molecule has 0 bridgehead atoms. The number of halogens is 1. The molecule has 7 heteroatoms. The average Bonchev–Trinajstić information content (AvgIpc) is 3.09. The minimum atomic E-state index is -0.312. The van der Waals surface area contributed by atoms with Crippen molar-refractivity contribution in [2.75, 3.05) is 55.2 Å². The molecule has 30 heavy (non-hydrogen) atoms. The van der Waals surface area contributed by atoms with E-state index in [0.29, 0.717) is 23.0 Å². The number of hydrogen-bond acceptors (Lipinski definition) is 6. The molecule has 1 aliphatic rings. The fourth-order valence-corrected chi connectivity index (χ4v) is 4.54. The third-order valence-corrected chi connectivity index (χ3v) is 5.95. The third kappa shape index (κ3) is 4.61. The van der Waals surface area contributed by atoms with E-state index in [2.05, 4.69) is 18.0 Å². The first kappa shape index (κ1) is 24.1. The molecule has 3 rings (SSSR count). The van der Waals surface area contributed by atoms with E-state index >= 15 is 0 Å². The van der Waals surface area contributed by atoms with Gasteiger partial charge >= 0.3 is 0 Å². The molecule has 2 aromatic rings. The second-order valence-corrected chi connectivity index (χ2v) is 7.75. The second kappa shape index (κ2) is 10.2. The van der Waals surface area contributed by atoms with E-state index in [1.54, 1.807) is 28.4 Å². The molecule has 0 saturated carbocycles. The van der Waals surface area contributed by atoms with Gasteiger partial charge in [0.15, 0.2) is 23.0 Å². The number of rotatable bonds is 8. The Morgan fingerprint density at radius 1 is 0.900 bits per heavy atom. The number of hydrogen-bond donors (Lipinski definition) is 1. The van der Waals surface area contributed by atoms with Crippen molar-refractivity contribution in [3.63, 3.8) is 0 Å². The molecule has 166 valence electrons. The minimum absolute atomic E-state index is 0. The van der Waals surface area contributed by atoms with Gasteiger partial charge in [-0.05, 0) is 48.9 Å². The molecule has 0 amide bonds.